The Hall–Kier alpha value is -2.30. The number of esters is 1. The summed E-state index contributed by atoms with van der Waals surface area (Å²) in [5, 5.41) is 3.60. The first-order valence-electron chi connectivity index (χ1n) is 7.98. The molecule has 0 saturated carbocycles. The summed E-state index contributed by atoms with van der Waals surface area (Å²) >= 11 is 11.8. The smallest absolute Gasteiger partial charge is 0.331 e. The second-order valence-corrected chi connectivity index (χ2v) is 6.71. The molecule has 2 aromatic rings. The lowest BCUT2D eigenvalue weighted by molar-refractivity contribution is -0.148. The van der Waals surface area contributed by atoms with Crippen LogP contribution in [0.4, 0.5) is 5.69 Å². The van der Waals surface area contributed by atoms with Gasteiger partial charge in [-0.05, 0) is 61.7 Å². The third-order valence-corrected chi connectivity index (χ3v) is 4.41. The van der Waals surface area contributed by atoms with Crippen molar-refractivity contribution < 1.29 is 14.3 Å². The van der Waals surface area contributed by atoms with Gasteiger partial charge in [-0.2, -0.15) is 0 Å². The molecule has 6 heteroatoms. The van der Waals surface area contributed by atoms with Gasteiger partial charge in [0.25, 0.3) is 5.91 Å². The minimum atomic E-state index is -0.930. The number of amides is 1. The average Bonchev–Trinajstić information content (AvgIpc) is 2.59. The highest BCUT2D eigenvalue weighted by atomic mass is 35.5. The molecule has 0 aliphatic heterocycles. The molecule has 0 aliphatic rings. The summed E-state index contributed by atoms with van der Waals surface area (Å²) in [5.41, 5.74) is 3.36. The molecule has 2 rings (SSSR count). The Morgan fingerprint density at radius 1 is 1.08 bits per heavy atom. The minimum Gasteiger partial charge on any atom is -0.449 e. The number of hydrogen-bond donors (Lipinski definition) is 1. The lowest BCUT2D eigenvalue weighted by Gasteiger charge is -2.14. The molecule has 2 aromatic carbocycles. The second kappa shape index (κ2) is 8.88. The Morgan fingerprint density at radius 3 is 2.50 bits per heavy atom. The van der Waals surface area contributed by atoms with Crippen LogP contribution < -0.4 is 5.32 Å². The van der Waals surface area contributed by atoms with Crippen LogP contribution in [-0.2, 0) is 14.3 Å². The van der Waals surface area contributed by atoms with Crippen molar-refractivity contribution in [1.82, 2.24) is 0 Å². The maximum Gasteiger partial charge on any atom is 0.331 e. The van der Waals surface area contributed by atoms with Crippen LogP contribution in [-0.4, -0.2) is 18.0 Å². The lowest BCUT2D eigenvalue weighted by Crippen LogP contribution is -2.29. The molecular weight excluding hydrogens is 373 g/mol. The number of anilines is 1. The molecule has 0 saturated heterocycles. The van der Waals surface area contributed by atoms with Crippen LogP contribution in [0.15, 0.2) is 42.5 Å². The Balaban J connectivity index is 1.95. The molecule has 0 bridgehead atoms. The van der Waals surface area contributed by atoms with E-state index in [0.717, 1.165) is 11.1 Å². The highest BCUT2D eigenvalue weighted by Crippen LogP contribution is 2.23. The molecule has 0 radical (unpaired) electrons. The van der Waals surface area contributed by atoms with Gasteiger partial charge in [0.1, 0.15) is 0 Å². The Morgan fingerprint density at radius 2 is 1.81 bits per heavy atom. The molecule has 0 aromatic heterocycles. The molecule has 0 unspecified atom stereocenters. The monoisotopic (exact) mass is 391 g/mol. The van der Waals surface area contributed by atoms with E-state index < -0.39 is 18.0 Å². The number of carbonyl (C=O) groups is 2. The zero-order valence-corrected chi connectivity index (χ0v) is 16.2. The maximum absolute atomic E-state index is 12.2. The molecule has 136 valence electrons. The van der Waals surface area contributed by atoms with Gasteiger partial charge in [-0.1, -0.05) is 41.4 Å². The molecule has 26 heavy (non-hydrogen) atoms. The summed E-state index contributed by atoms with van der Waals surface area (Å²) in [4.78, 5) is 24.1. The number of carbonyl (C=O) groups excluding carboxylic acids is 2. The third-order valence-electron chi connectivity index (χ3n) is 3.67. The van der Waals surface area contributed by atoms with Crippen molar-refractivity contribution in [2.45, 2.75) is 26.9 Å². The zero-order valence-electron chi connectivity index (χ0n) is 14.7. The number of nitrogens with one attached hydrogen (secondary N) is 1. The summed E-state index contributed by atoms with van der Waals surface area (Å²) in [6.45, 7) is 5.35. The van der Waals surface area contributed by atoms with Crippen LogP contribution in [0.5, 0.6) is 0 Å². The molecular formula is C20H19Cl2NO3. The topological polar surface area (TPSA) is 55.4 Å². The predicted molar refractivity (Wildman–Crippen MR) is 106 cm³/mol. The van der Waals surface area contributed by atoms with Crippen LogP contribution in [0.2, 0.25) is 10.0 Å². The molecule has 4 nitrogen and oxygen atoms in total. The maximum atomic E-state index is 12.2. The highest BCUT2D eigenvalue weighted by molar-refractivity contribution is 6.42. The number of benzene rings is 2. The van der Waals surface area contributed by atoms with Gasteiger partial charge >= 0.3 is 5.97 Å². The van der Waals surface area contributed by atoms with Crippen LogP contribution in [0, 0.1) is 13.8 Å². The fourth-order valence-electron chi connectivity index (χ4n) is 2.15. The number of ether oxygens (including phenoxy) is 1. The van der Waals surface area contributed by atoms with E-state index in [1.807, 2.05) is 32.0 Å². The van der Waals surface area contributed by atoms with Gasteiger partial charge in [0.05, 0.1) is 10.0 Å². The number of hydrogen-bond acceptors (Lipinski definition) is 3. The van der Waals surface area contributed by atoms with Gasteiger partial charge in [-0.3, -0.25) is 4.79 Å². The van der Waals surface area contributed by atoms with Crippen molar-refractivity contribution in [3.05, 3.63) is 69.2 Å². The SMILES string of the molecule is Cc1ccc(C)c(NC(=O)[C@@H](C)OC(=O)/C=C/c2ccc(Cl)c(Cl)c2)c1. The summed E-state index contributed by atoms with van der Waals surface area (Å²) in [6.07, 6.45) is 1.85. The quantitative estimate of drug-likeness (QED) is 0.563. The van der Waals surface area contributed by atoms with E-state index in [-0.39, 0.29) is 0 Å². The van der Waals surface area contributed by atoms with Crippen LogP contribution in [0.1, 0.15) is 23.6 Å². The number of halogens is 2. The van der Waals surface area contributed by atoms with E-state index in [1.54, 1.807) is 24.3 Å². The van der Waals surface area contributed by atoms with Crippen molar-refractivity contribution in [3.63, 3.8) is 0 Å². The Kier molecular flexibility index (Phi) is 6.83. The summed E-state index contributed by atoms with van der Waals surface area (Å²) in [7, 11) is 0. The van der Waals surface area contributed by atoms with Crippen LogP contribution in [0.25, 0.3) is 6.08 Å². The average molecular weight is 392 g/mol. The van der Waals surface area contributed by atoms with Gasteiger partial charge in [-0.25, -0.2) is 4.79 Å². The predicted octanol–water partition coefficient (Wildman–Crippen LogP) is 5.19. The van der Waals surface area contributed by atoms with E-state index in [1.165, 1.54) is 13.0 Å². The first-order valence-corrected chi connectivity index (χ1v) is 8.73. The standard InChI is InChI=1S/C20H19Cl2NO3/c1-12-4-5-13(2)18(10-12)23-20(25)14(3)26-19(24)9-7-15-6-8-16(21)17(22)11-15/h4-11,14H,1-3H3,(H,23,25)/b9-7+/t14-/m1/s1. The molecule has 0 fully saturated rings. The van der Waals surface area contributed by atoms with Crippen molar-refractivity contribution in [2.24, 2.45) is 0 Å². The zero-order chi connectivity index (χ0) is 19.3. The van der Waals surface area contributed by atoms with Crippen molar-refractivity contribution >= 4 is 46.8 Å². The second-order valence-electron chi connectivity index (χ2n) is 5.89. The van der Waals surface area contributed by atoms with Gasteiger partial charge in [0.2, 0.25) is 0 Å². The van der Waals surface area contributed by atoms with Gasteiger partial charge in [0.15, 0.2) is 6.10 Å². The molecule has 1 atom stereocenters. The van der Waals surface area contributed by atoms with Crippen molar-refractivity contribution in [3.8, 4) is 0 Å². The Bertz CT molecular complexity index is 862. The first kappa shape index (κ1) is 20.0. The van der Waals surface area contributed by atoms with Gasteiger partial charge in [-0.15, -0.1) is 0 Å². The van der Waals surface area contributed by atoms with Crippen molar-refractivity contribution in [2.75, 3.05) is 5.32 Å². The van der Waals surface area contributed by atoms with E-state index in [4.69, 9.17) is 27.9 Å². The molecule has 0 spiro atoms. The summed E-state index contributed by atoms with van der Waals surface area (Å²) in [5.74, 6) is -1.02. The first-order chi connectivity index (χ1) is 12.3. The Labute approximate surface area is 162 Å². The molecule has 0 heterocycles. The lowest BCUT2D eigenvalue weighted by atomic mass is 10.1. The van der Waals surface area contributed by atoms with E-state index in [9.17, 15) is 9.59 Å². The highest BCUT2D eigenvalue weighted by Gasteiger charge is 2.17. The van der Waals surface area contributed by atoms with Crippen molar-refractivity contribution in [1.29, 1.82) is 0 Å². The van der Waals surface area contributed by atoms with E-state index >= 15 is 0 Å². The van der Waals surface area contributed by atoms with E-state index in [0.29, 0.717) is 21.3 Å². The van der Waals surface area contributed by atoms with Crippen LogP contribution >= 0.6 is 23.2 Å². The summed E-state index contributed by atoms with van der Waals surface area (Å²) in [6, 6.07) is 10.7. The number of aryl methyl sites for hydroxylation is 2. The van der Waals surface area contributed by atoms with E-state index in [2.05, 4.69) is 5.32 Å². The summed E-state index contributed by atoms with van der Waals surface area (Å²) < 4.78 is 5.13. The third kappa shape index (κ3) is 5.61. The number of rotatable bonds is 5. The normalized spacial score (nSPS) is 12.0. The fourth-order valence-corrected chi connectivity index (χ4v) is 2.46. The van der Waals surface area contributed by atoms with Crippen LogP contribution in [0.3, 0.4) is 0 Å². The fraction of sp³-hybridized carbons (Fsp3) is 0.200. The van der Waals surface area contributed by atoms with Gasteiger partial charge < -0.3 is 10.1 Å². The minimum absolute atomic E-state index is 0.392. The van der Waals surface area contributed by atoms with Gasteiger partial charge in [0, 0.05) is 11.8 Å². The molecule has 0 aliphatic carbocycles. The molecule has 1 amide bonds. The largest absolute Gasteiger partial charge is 0.449 e. The molecule has 1 N–H and O–H groups in total.